The van der Waals surface area contributed by atoms with Crippen molar-refractivity contribution in [2.45, 2.75) is 393 Å². The quantitative estimate of drug-likeness (QED) is 0.0169. The number of aliphatic hydroxyl groups is 1. The summed E-state index contributed by atoms with van der Waals surface area (Å²) in [5.41, 5.74) is 0. The average Bonchev–Trinajstić information content (AvgIpc) is 1.36. The van der Waals surface area contributed by atoms with Crippen LogP contribution in [0.25, 0.3) is 0 Å². The Morgan fingerprint density at radius 3 is 0.809 bits per heavy atom. The van der Waals surface area contributed by atoms with E-state index >= 15 is 0 Å². The molecule has 0 rings (SSSR count). The molecule has 3 N–H and O–H groups in total. The van der Waals surface area contributed by atoms with E-state index in [9.17, 15) is 43.2 Å². The lowest BCUT2D eigenvalue weighted by atomic mass is 10.0. The van der Waals surface area contributed by atoms with Crippen molar-refractivity contribution in [3.63, 3.8) is 0 Å². The van der Waals surface area contributed by atoms with Crippen LogP contribution in [0.2, 0.25) is 0 Å². The Labute approximate surface area is 573 Å². The zero-order chi connectivity index (χ0) is 69.0. The number of hydrogen-bond donors (Lipinski definition) is 3. The van der Waals surface area contributed by atoms with Gasteiger partial charge in [0.25, 0.3) is 0 Å². The van der Waals surface area contributed by atoms with Gasteiger partial charge in [0, 0.05) is 25.7 Å². The molecule has 0 amide bonds. The van der Waals surface area contributed by atoms with E-state index in [0.717, 1.165) is 116 Å². The van der Waals surface area contributed by atoms with Crippen molar-refractivity contribution in [2.24, 2.45) is 0 Å². The molecule has 554 valence electrons. The maximum Gasteiger partial charge on any atom is 0.472 e. The van der Waals surface area contributed by atoms with Crippen molar-refractivity contribution in [3.05, 3.63) is 24.3 Å². The maximum atomic E-state index is 13.1. The molecule has 0 radical (unpaired) electrons. The number of phosphoric acid groups is 2. The van der Waals surface area contributed by atoms with Crippen molar-refractivity contribution in [2.75, 3.05) is 39.6 Å². The van der Waals surface area contributed by atoms with E-state index in [4.69, 9.17) is 37.0 Å². The summed E-state index contributed by atoms with van der Waals surface area (Å²) in [4.78, 5) is 72.7. The number of allylic oxidation sites excluding steroid dienone is 4. The Morgan fingerprint density at radius 1 is 0.298 bits per heavy atom. The van der Waals surface area contributed by atoms with Gasteiger partial charge in [-0.15, -0.1) is 0 Å². The second kappa shape index (κ2) is 69.0. The maximum absolute atomic E-state index is 13.1. The van der Waals surface area contributed by atoms with Gasteiger partial charge < -0.3 is 33.8 Å². The second-order valence-corrected chi connectivity index (χ2v) is 29.2. The van der Waals surface area contributed by atoms with Crippen LogP contribution in [0, 0.1) is 0 Å². The van der Waals surface area contributed by atoms with E-state index in [1.54, 1.807) is 0 Å². The average molecular weight is 1380 g/mol. The molecule has 0 heterocycles. The van der Waals surface area contributed by atoms with Crippen LogP contribution in [0.15, 0.2) is 24.3 Å². The smallest absolute Gasteiger partial charge is 0.462 e. The fourth-order valence-corrected chi connectivity index (χ4v) is 12.6. The van der Waals surface area contributed by atoms with Gasteiger partial charge in [0.15, 0.2) is 12.2 Å². The molecule has 0 fully saturated rings. The third-order valence-electron chi connectivity index (χ3n) is 16.9. The zero-order valence-corrected chi connectivity index (χ0v) is 62.2. The minimum absolute atomic E-state index is 0.102. The van der Waals surface area contributed by atoms with Gasteiger partial charge >= 0.3 is 39.5 Å². The Hall–Kier alpha value is -2.46. The van der Waals surface area contributed by atoms with Crippen LogP contribution >= 0.6 is 15.6 Å². The number of unbranched alkanes of at least 4 members (excludes halogenated alkanes) is 44. The highest BCUT2D eigenvalue weighted by molar-refractivity contribution is 7.47. The van der Waals surface area contributed by atoms with Crippen molar-refractivity contribution in [3.8, 4) is 0 Å². The van der Waals surface area contributed by atoms with Gasteiger partial charge in [0.05, 0.1) is 26.4 Å². The minimum atomic E-state index is -4.96. The van der Waals surface area contributed by atoms with Crippen molar-refractivity contribution < 1.29 is 80.2 Å². The van der Waals surface area contributed by atoms with Crippen molar-refractivity contribution in [1.82, 2.24) is 0 Å². The van der Waals surface area contributed by atoms with Crippen LogP contribution < -0.4 is 0 Å². The molecule has 0 spiro atoms. The molecule has 0 saturated heterocycles. The molecule has 0 saturated carbocycles. The molecular formula is C75H142O17P2. The van der Waals surface area contributed by atoms with Gasteiger partial charge in [-0.2, -0.15) is 0 Å². The number of rotatable bonds is 74. The number of phosphoric ester groups is 2. The standard InChI is InChI=1S/C75H142O17P2/c1-5-9-13-17-21-25-29-32-34-37-41-44-48-52-56-60-73(78)86-66-71(92-75(80)62-58-54-50-46-42-38-35-33-30-26-22-18-14-10-6-2)68-90-94(83,84)88-64-69(76)63-87-93(81,82)89-67-70(91-74(79)61-57-53-49-45-39-28-24-20-16-12-8-4)65-85-72(77)59-55-51-47-43-40-36-31-27-23-19-15-11-7-3/h21,25,32,34,69-71,76H,5-20,22-24,26-31,33,35-68H2,1-4H3,(H,81,82)(H,83,84)/b25-21-,34-32-. The zero-order valence-electron chi connectivity index (χ0n) is 60.4. The number of carbonyl (C=O) groups is 4. The highest BCUT2D eigenvalue weighted by Gasteiger charge is 2.30. The summed E-state index contributed by atoms with van der Waals surface area (Å²) < 4.78 is 68.5. The number of carbonyl (C=O) groups excluding carboxylic acids is 4. The number of esters is 4. The second-order valence-electron chi connectivity index (χ2n) is 26.3. The molecule has 0 aromatic heterocycles. The third kappa shape index (κ3) is 68.1. The molecule has 17 nitrogen and oxygen atoms in total. The molecule has 0 aliphatic rings. The lowest BCUT2D eigenvalue weighted by Crippen LogP contribution is -2.30. The number of aliphatic hydroxyl groups excluding tert-OH is 1. The predicted octanol–water partition coefficient (Wildman–Crippen LogP) is 21.8. The molecule has 0 aliphatic carbocycles. The summed E-state index contributed by atoms with van der Waals surface area (Å²) in [6.07, 6.45) is 61.6. The van der Waals surface area contributed by atoms with E-state index in [-0.39, 0.29) is 25.7 Å². The third-order valence-corrected chi connectivity index (χ3v) is 18.9. The van der Waals surface area contributed by atoms with Crippen molar-refractivity contribution in [1.29, 1.82) is 0 Å². The fourth-order valence-electron chi connectivity index (χ4n) is 11.0. The summed E-state index contributed by atoms with van der Waals surface area (Å²) in [5.74, 6) is -2.14. The normalized spacial score (nSPS) is 14.1. The first-order chi connectivity index (χ1) is 45.7. The van der Waals surface area contributed by atoms with E-state index in [0.29, 0.717) is 25.7 Å². The Balaban J connectivity index is 5.28. The van der Waals surface area contributed by atoms with E-state index in [1.165, 1.54) is 180 Å². The van der Waals surface area contributed by atoms with Crippen LogP contribution in [-0.2, 0) is 65.4 Å². The van der Waals surface area contributed by atoms with Gasteiger partial charge in [-0.25, -0.2) is 9.13 Å². The first-order valence-corrected chi connectivity index (χ1v) is 41.6. The van der Waals surface area contributed by atoms with E-state index in [1.807, 2.05) is 0 Å². The van der Waals surface area contributed by atoms with Crippen LogP contribution in [0.5, 0.6) is 0 Å². The molecule has 94 heavy (non-hydrogen) atoms. The topological polar surface area (TPSA) is 237 Å². The molecule has 0 aromatic carbocycles. The van der Waals surface area contributed by atoms with Gasteiger partial charge in [-0.1, -0.05) is 315 Å². The first-order valence-electron chi connectivity index (χ1n) is 38.6. The molecule has 0 aromatic rings. The van der Waals surface area contributed by atoms with Crippen LogP contribution in [0.3, 0.4) is 0 Å². The lowest BCUT2D eigenvalue weighted by molar-refractivity contribution is -0.161. The highest BCUT2D eigenvalue weighted by Crippen LogP contribution is 2.45. The predicted molar refractivity (Wildman–Crippen MR) is 381 cm³/mol. The summed E-state index contributed by atoms with van der Waals surface area (Å²) in [5, 5.41) is 10.6. The van der Waals surface area contributed by atoms with E-state index < -0.39 is 97.5 Å². The Morgan fingerprint density at radius 2 is 0.521 bits per heavy atom. The van der Waals surface area contributed by atoms with Crippen LogP contribution in [0.1, 0.15) is 374 Å². The number of hydrogen-bond acceptors (Lipinski definition) is 15. The molecule has 0 aliphatic heterocycles. The van der Waals surface area contributed by atoms with Crippen LogP contribution in [0.4, 0.5) is 0 Å². The molecular weight excluding hydrogens is 1230 g/mol. The summed E-state index contributed by atoms with van der Waals surface area (Å²) in [7, 11) is -9.92. The fraction of sp³-hybridized carbons (Fsp3) is 0.893. The highest BCUT2D eigenvalue weighted by atomic mass is 31.2. The first kappa shape index (κ1) is 91.5. The van der Waals surface area contributed by atoms with Crippen molar-refractivity contribution >= 4 is 39.5 Å². The number of ether oxygens (including phenoxy) is 4. The van der Waals surface area contributed by atoms with Crippen LogP contribution in [-0.4, -0.2) is 96.7 Å². The van der Waals surface area contributed by atoms with Gasteiger partial charge in [0.1, 0.15) is 19.3 Å². The Kier molecular flexibility index (Phi) is 67.2. The minimum Gasteiger partial charge on any atom is -0.462 e. The molecule has 5 atom stereocenters. The molecule has 19 heteroatoms. The summed E-state index contributed by atoms with van der Waals surface area (Å²) in [6, 6.07) is 0. The van der Waals surface area contributed by atoms with Gasteiger partial charge in [-0.05, 0) is 57.8 Å². The molecule has 0 bridgehead atoms. The SMILES string of the molecule is CCCCC/C=C\C/C=C\CCCCCCCC(=O)OCC(COP(=O)(O)OCC(O)COP(=O)(O)OCC(COC(=O)CCCCCCCCCCCCCCC)OC(=O)CCCCCCCCCCCCC)OC(=O)CCCCCCCCCCCCCCCCC. The monoisotopic (exact) mass is 1380 g/mol. The van der Waals surface area contributed by atoms with Gasteiger partial charge in [0.2, 0.25) is 0 Å². The van der Waals surface area contributed by atoms with Gasteiger partial charge in [-0.3, -0.25) is 37.3 Å². The molecule has 5 unspecified atom stereocenters. The largest absolute Gasteiger partial charge is 0.472 e. The lowest BCUT2D eigenvalue weighted by Gasteiger charge is -2.21. The summed E-state index contributed by atoms with van der Waals surface area (Å²) >= 11 is 0. The Bertz CT molecular complexity index is 1880. The summed E-state index contributed by atoms with van der Waals surface area (Å²) in [6.45, 7) is 4.91. The van der Waals surface area contributed by atoms with E-state index in [2.05, 4.69) is 52.0 Å².